The van der Waals surface area contributed by atoms with E-state index in [1.165, 1.54) is 44.2 Å². The number of halogens is 1. The Morgan fingerprint density at radius 2 is 1.63 bits per heavy atom. The van der Waals surface area contributed by atoms with Crippen LogP contribution in [0.1, 0.15) is 78.2 Å². The average Bonchev–Trinajstić information content (AvgIpc) is 2.57. The highest BCUT2D eigenvalue weighted by molar-refractivity contribution is 5.56. The van der Waals surface area contributed by atoms with Crippen molar-refractivity contribution in [3.05, 3.63) is 29.6 Å². The number of anilines is 1. The van der Waals surface area contributed by atoms with E-state index in [2.05, 4.69) is 50.5 Å². The van der Waals surface area contributed by atoms with E-state index in [1.807, 2.05) is 0 Å². The lowest BCUT2D eigenvalue weighted by Crippen LogP contribution is -2.47. The summed E-state index contributed by atoms with van der Waals surface area (Å²) in [6.07, 6.45) is 6.19. The number of piperazine rings is 1. The largest absolute Gasteiger partial charge is 0.369 e. The molecule has 0 spiro atoms. The molecule has 0 atom stereocenters. The molecule has 2 nitrogen and oxygen atoms in total. The third-order valence-electron chi connectivity index (χ3n) is 6.53. The Bertz CT molecular complexity index is 613. The van der Waals surface area contributed by atoms with E-state index >= 15 is 0 Å². The molecule has 0 amide bonds. The third kappa shape index (κ3) is 5.25. The molecule has 0 radical (unpaired) electrons. The smallest absolute Gasteiger partial charge is 0.125 e. The first-order valence-corrected chi connectivity index (χ1v) is 11.0. The van der Waals surface area contributed by atoms with Crippen molar-refractivity contribution >= 4 is 5.69 Å². The van der Waals surface area contributed by atoms with Gasteiger partial charge in [0, 0.05) is 31.9 Å². The van der Waals surface area contributed by atoms with Crippen molar-refractivity contribution in [3.63, 3.8) is 0 Å². The van der Waals surface area contributed by atoms with Crippen LogP contribution in [0.3, 0.4) is 0 Å². The summed E-state index contributed by atoms with van der Waals surface area (Å²) in [5.41, 5.74) is 3.22. The van der Waals surface area contributed by atoms with Crippen molar-refractivity contribution in [1.82, 2.24) is 4.90 Å². The summed E-state index contributed by atoms with van der Waals surface area (Å²) in [5, 5.41) is 0. The lowest BCUT2D eigenvalue weighted by atomic mass is 9.60. The van der Waals surface area contributed by atoms with Crippen molar-refractivity contribution in [2.75, 3.05) is 37.6 Å². The molecular weight excluding hydrogens is 335 g/mol. The fraction of sp³-hybridized carbons (Fsp3) is 0.750. The molecule has 0 bridgehead atoms. The zero-order valence-electron chi connectivity index (χ0n) is 18.2. The van der Waals surface area contributed by atoms with E-state index in [-0.39, 0.29) is 5.82 Å². The summed E-state index contributed by atoms with van der Waals surface area (Å²) in [6.45, 7) is 17.3. The molecule has 2 aliphatic rings. The van der Waals surface area contributed by atoms with Crippen LogP contribution in [0.5, 0.6) is 0 Å². The van der Waals surface area contributed by atoms with Gasteiger partial charge in [0.15, 0.2) is 0 Å². The molecular formula is C24H39FN2. The van der Waals surface area contributed by atoms with Crippen LogP contribution in [0, 0.1) is 16.6 Å². The zero-order valence-corrected chi connectivity index (χ0v) is 18.2. The minimum Gasteiger partial charge on any atom is -0.369 e. The second-order valence-electron chi connectivity index (χ2n) is 10.5. The van der Waals surface area contributed by atoms with Crippen LogP contribution in [0.15, 0.2) is 18.2 Å². The molecule has 3 rings (SSSR count). The van der Waals surface area contributed by atoms with Gasteiger partial charge in [-0.15, -0.1) is 0 Å². The maximum Gasteiger partial charge on any atom is 0.125 e. The summed E-state index contributed by atoms with van der Waals surface area (Å²) in [6, 6.07) is 5.55. The second kappa shape index (κ2) is 8.11. The van der Waals surface area contributed by atoms with Gasteiger partial charge in [0.05, 0.1) is 0 Å². The molecule has 0 N–H and O–H groups in total. The summed E-state index contributed by atoms with van der Waals surface area (Å²) in [4.78, 5) is 5.00. The monoisotopic (exact) mass is 374 g/mol. The highest BCUT2D eigenvalue weighted by Gasteiger charge is 2.40. The fourth-order valence-electron chi connectivity index (χ4n) is 5.80. The first kappa shape index (κ1) is 20.6. The predicted octanol–water partition coefficient (Wildman–Crippen LogP) is 6.07. The van der Waals surface area contributed by atoms with E-state index in [1.54, 1.807) is 12.1 Å². The Morgan fingerprint density at radius 3 is 2.22 bits per heavy atom. The van der Waals surface area contributed by atoms with E-state index in [9.17, 15) is 4.39 Å². The van der Waals surface area contributed by atoms with Crippen molar-refractivity contribution in [2.24, 2.45) is 10.8 Å². The van der Waals surface area contributed by atoms with Crippen LogP contribution in [0.25, 0.3) is 0 Å². The standard InChI is InChI=1S/C24H39FN2/c1-6-7-10-26-11-13-27(14-12-26)22-15-20(25)8-9-21(22)19-16-23(2,3)18-24(4,5)17-19/h8-9,15,19H,6-7,10-14,16-18H2,1-5H3. The maximum absolute atomic E-state index is 14.2. The lowest BCUT2D eigenvalue weighted by molar-refractivity contribution is 0.0969. The predicted molar refractivity (Wildman–Crippen MR) is 114 cm³/mol. The summed E-state index contributed by atoms with van der Waals surface area (Å²) >= 11 is 0. The second-order valence-corrected chi connectivity index (χ2v) is 10.5. The SMILES string of the molecule is CCCCN1CCN(c2cc(F)ccc2C2CC(C)(C)CC(C)(C)C2)CC1. The van der Waals surface area contributed by atoms with E-state index in [0.29, 0.717) is 16.7 Å². The van der Waals surface area contributed by atoms with Crippen LogP contribution >= 0.6 is 0 Å². The molecule has 1 aromatic carbocycles. The van der Waals surface area contributed by atoms with Gasteiger partial charge in [-0.2, -0.15) is 0 Å². The Balaban J connectivity index is 1.80. The highest BCUT2D eigenvalue weighted by Crippen LogP contribution is 2.53. The Labute approximate surface area is 166 Å². The van der Waals surface area contributed by atoms with Crippen LogP contribution in [-0.4, -0.2) is 37.6 Å². The fourth-order valence-corrected chi connectivity index (χ4v) is 5.80. The summed E-state index contributed by atoms with van der Waals surface area (Å²) < 4.78 is 14.2. The molecule has 27 heavy (non-hydrogen) atoms. The molecule has 152 valence electrons. The average molecular weight is 375 g/mol. The molecule has 3 heteroatoms. The number of unbranched alkanes of at least 4 members (excludes halogenated alkanes) is 1. The normalized spacial score (nSPS) is 23.6. The van der Waals surface area contributed by atoms with Gasteiger partial charge in [0.25, 0.3) is 0 Å². The topological polar surface area (TPSA) is 6.48 Å². The Morgan fingerprint density at radius 1 is 1.00 bits per heavy atom. The van der Waals surface area contributed by atoms with Crippen LogP contribution in [0.2, 0.25) is 0 Å². The van der Waals surface area contributed by atoms with Gasteiger partial charge in [-0.05, 0) is 66.7 Å². The van der Waals surface area contributed by atoms with Gasteiger partial charge in [0.1, 0.15) is 5.82 Å². The van der Waals surface area contributed by atoms with Crippen LogP contribution in [-0.2, 0) is 0 Å². The number of hydrogen-bond donors (Lipinski definition) is 0. The van der Waals surface area contributed by atoms with Gasteiger partial charge >= 0.3 is 0 Å². The molecule has 2 fully saturated rings. The van der Waals surface area contributed by atoms with Crippen molar-refractivity contribution in [2.45, 2.75) is 72.6 Å². The third-order valence-corrected chi connectivity index (χ3v) is 6.53. The molecule has 1 saturated carbocycles. The van der Waals surface area contributed by atoms with Crippen molar-refractivity contribution in [1.29, 1.82) is 0 Å². The van der Waals surface area contributed by atoms with E-state index in [4.69, 9.17) is 0 Å². The number of benzene rings is 1. The number of nitrogens with zero attached hydrogens (tertiary/aromatic N) is 2. The molecule has 1 heterocycles. The number of rotatable bonds is 5. The van der Waals surface area contributed by atoms with Gasteiger partial charge in [-0.3, -0.25) is 4.90 Å². The van der Waals surface area contributed by atoms with E-state index < -0.39 is 0 Å². The van der Waals surface area contributed by atoms with Gasteiger partial charge in [-0.25, -0.2) is 4.39 Å². The van der Waals surface area contributed by atoms with Crippen LogP contribution < -0.4 is 4.90 Å². The molecule has 1 saturated heterocycles. The minimum atomic E-state index is -0.100. The molecule has 0 unspecified atom stereocenters. The van der Waals surface area contributed by atoms with Crippen molar-refractivity contribution in [3.8, 4) is 0 Å². The number of hydrogen-bond acceptors (Lipinski definition) is 2. The highest BCUT2D eigenvalue weighted by atomic mass is 19.1. The zero-order chi connectivity index (χ0) is 19.7. The quantitative estimate of drug-likeness (QED) is 0.617. The first-order chi connectivity index (χ1) is 12.7. The Kier molecular flexibility index (Phi) is 6.20. The maximum atomic E-state index is 14.2. The van der Waals surface area contributed by atoms with Crippen LogP contribution in [0.4, 0.5) is 10.1 Å². The summed E-state index contributed by atoms with van der Waals surface area (Å²) in [5.74, 6) is 0.425. The van der Waals surface area contributed by atoms with Crippen molar-refractivity contribution < 1.29 is 4.39 Å². The first-order valence-electron chi connectivity index (χ1n) is 11.0. The molecule has 0 aromatic heterocycles. The molecule has 1 aliphatic heterocycles. The minimum absolute atomic E-state index is 0.100. The molecule has 1 aromatic rings. The van der Waals surface area contributed by atoms with E-state index in [0.717, 1.165) is 31.9 Å². The van der Waals surface area contributed by atoms with Gasteiger partial charge < -0.3 is 4.90 Å². The van der Waals surface area contributed by atoms with Gasteiger partial charge in [-0.1, -0.05) is 47.1 Å². The summed E-state index contributed by atoms with van der Waals surface area (Å²) in [7, 11) is 0. The molecule has 1 aliphatic carbocycles. The van der Waals surface area contributed by atoms with Gasteiger partial charge in [0.2, 0.25) is 0 Å². The lowest BCUT2D eigenvalue weighted by Gasteiger charge is -2.46. The Hall–Kier alpha value is -1.09.